The molecule has 8 nitrogen and oxygen atoms in total. The molecule has 1 aliphatic heterocycles. The van der Waals surface area contributed by atoms with Gasteiger partial charge >= 0.3 is 0 Å². The van der Waals surface area contributed by atoms with E-state index in [0.717, 1.165) is 22.6 Å². The molecular formula is C23H26N4O4S. The number of hydrogen-bond donors (Lipinski definition) is 1. The van der Waals surface area contributed by atoms with Crippen molar-refractivity contribution in [3.8, 4) is 5.69 Å². The van der Waals surface area contributed by atoms with Crippen LogP contribution in [0.4, 0.5) is 0 Å². The Kier molecular flexibility index (Phi) is 6.40. The Balaban J connectivity index is 1.37. The topological polar surface area (TPSA) is 93.5 Å². The molecule has 0 spiro atoms. The first-order chi connectivity index (χ1) is 15.3. The van der Waals surface area contributed by atoms with Crippen molar-refractivity contribution in [3.05, 3.63) is 77.1 Å². The van der Waals surface area contributed by atoms with Gasteiger partial charge in [0.1, 0.15) is 0 Å². The molecule has 32 heavy (non-hydrogen) atoms. The lowest BCUT2D eigenvalue weighted by atomic mass is 10.1. The molecule has 9 heteroatoms. The first-order valence-electron chi connectivity index (χ1n) is 10.4. The van der Waals surface area contributed by atoms with Gasteiger partial charge in [0.15, 0.2) is 0 Å². The van der Waals surface area contributed by atoms with Crippen LogP contribution in [0.1, 0.15) is 27.3 Å². The largest absolute Gasteiger partial charge is 0.379 e. The summed E-state index contributed by atoms with van der Waals surface area (Å²) in [6.07, 6.45) is 0. The van der Waals surface area contributed by atoms with E-state index in [1.807, 2.05) is 36.7 Å². The Hall–Kier alpha value is -3.01. The van der Waals surface area contributed by atoms with Crippen molar-refractivity contribution in [1.82, 2.24) is 19.4 Å². The molecule has 0 atom stereocenters. The average Bonchev–Trinajstić information content (AvgIpc) is 3.16. The fourth-order valence-electron chi connectivity index (χ4n) is 3.64. The Labute approximate surface area is 187 Å². The first kappa shape index (κ1) is 22.2. The second-order valence-corrected chi connectivity index (χ2v) is 9.67. The molecule has 4 rings (SSSR count). The van der Waals surface area contributed by atoms with Crippen LogP contribution < -0.4 is 5.32 Å². The number of benzene rings is 2. The molecule has 1 N–H and O–H groups in total. The summed E-state index contributed by atoms with van der Waals surface area (Å²) in [4.78, 5) is 12.8. The maximum Gasteiger partial charge on any atom is 0.251 e. The summed E-state index contributed by atoms with van der Waals surface area (Å²) in [5.74, 6) is -0.199. The number of carbonyl (C=O) groups is 1. The highest BCUT2D eigenvalue weighted by molar-refractivity contribution is 7.89. The van der Waals surface area contributed by atoms with Gasteiger partial charge < -0.3 is 10.1 Å². The normalized spacial score (nSPS) is 14.9. The molecule has 0 radical (unpaired) electrons. The minimum absolute atomic E-state index is 0.199. The predicted molar refractivity (Wildman–Crippen MR) is 120 cm³/mol. The molecule has 0 aliphatic carbocycles. The Morgan fingerprint density at radius 1 is 1.03 bits per heavy atom. The fourth-order valence-corrected chi connectivity index (χ4v) is 5.05. The lowest BCUT2D eigenvalue weighted by Gasteiger charge is -2.26. The molecule has 1 amide bonds. The van der Waals surface area contributed by atoms with Gasteiger partial charge in [0, 0.05) is 30.9 Å². The number of carbonyl (C=O) groups excluding carboxylic acids is 1. The van der Waals surface area contributed by atoms with Gasteiger partial charge in [-0.1, -0.05) is 12.1 Å². The van der Waals surface area contributed by atoms with Crippen molar-refractivity contribution in [2.45, 2.75) is 25.3 Å². The van der Waals surface area contributed by atoms with Crippen molar-refractivity contribution in [1.29, 1.82) is 0 Å². The van der Waals surface area contributed by atoms with Gasteiger partial charge in [-0.15, -0.1) is 0 Å². The standard InChI is InChI=1S/C23H26N4O4S/c1-17-15-18(2)27(25-17)21-7-5-20(6-8-21)23(28)24-16-19-3-9-22(10-4-19)32(29,30)26-11-13-31-14-12-26/h3-10,15H,11-14,16H2,1-2H3,(H,24,28). The van der Waals surface area contributed by atoms with Crippen molar-refractivity contribution < 1.29 is 17.9 Å². The SMILES string of the molecule is Cc1cc(C)n(-c2ccc(C(=O)NCc3ccc(S(=O)(=O)N4CCOCC4)cc3)cc2)n1. The number of sulfonamides is 1. The van der Waals surface area contributed by atoms with Crippen LogP contribution in [0.15, 0.2) is 59.5 Å². The highest BCUT2D eigenvalue weighted by atomic mass is 32.2. The third kappa shape index (κ3) is 4.74. The zero-order valence-electron chi connectivity index (χ0n) is 18.1. The zero-order chi connectivity index (χ0) is 22.7. The molecule has 1 aliphatic rings. The fraction of sp³-hybridized carbons (Fsp3) is 0.304. The molecule has 0 bridgehead atoms. The van der Waals surface area contributed by atoms with Crippen LogP contribution in [-0.4, -0.2) is 54.7 Å². The minimum atomic E-state index is -3.52. The van der Waals surface area contributed by atoms with Gasteiger partial charge in [0.2, 0.25) is 10.0 Å². The number of ether oxygens (including phenoxy) is 1. The second-order valence-electron chi connectivity index (χ2n) is 7.73. The summed E-state index contributed by atoms with van der Waals surface area (Å²) in [5.41, 5.74) is 4.22. The number of amides is 1. The van der Waals surface area contributed by atoms with Crippen LogP contribution in [-0.2, 0) is 21.3 Å². The molecule has 1 aromatic heterocycles. The maximum absolute atomic E-state index is 12.7. The number of nitrogens with one attached hydrogen (secondary N) is 1. The maximum atomic E-state index is 12.7. The summed E-state index contributed by atoms with van der Waals surface area (Å²) < 4.78 is 33.9. The van der Waals surface area contributed by atoms with E-state index in [2.05, 4.69) is 10.4 Å². The Morgan fingerprint density at radius 3 is 2.28 bits per heavy atom. The minimum Gasteiger partial charge on any atom is -0.379 e. The van der Waals surface area contributed by atoms with E-state index in [0.29, 0.717) is 38.4 Å². The van der Waals surface area contributed by atoms with Gasteiger partial charge in [0.05, 0.1) is 29.5 Å². The molecule has 1 saturated heterocycles. The lowest BCUT2D eigenvalue weighted by Crippen LogP contribution is -2.40. The van der Waals surface area contributed by atoms with Gasteiger partial charge in [0.25, 0.3) is 5.91 Å². The van der Waals surface area contributed by atoms with Crippen LogP contribution in [0.2, 0.25) is 0 Å². The summed E-state index contributed by atoms with van der Waals surface area (Å²) in [7, 11) is -3.52. The van der Waals surface area contributed by atoms with Gasteiger partial charge in [-0.05, 0) is 61.9 Å². The van der Waals surface area contributed by atoms with E-state index in [9.17, 15) is 13.2 Å². The molecule has 1 fully saturated rings. The van der Waals surface area contributed by atoms with Gasteiger partial charge in [-0.3, -0.25) is 4.79 Å². The predicted octanol–water partition coefficient (Wildman–Crippen LogP) is 2.44. The number of rotatable bonds is 6. The van der Waals surface area contributed by atoms with E-state index in [1.165, 1.54) is 4.31 Å². The van der Waals surface area contributed by atoms with Crippen molar-refractivity contribution >= 4 is 15.9 Å². The van der Waals surface area contributed by atoms with Crippen molar-refractivity contribution in [3.63, 3.8) is 0 Å². The third-order valence-electron chi connectivity index (χ3n) is 5.37. The Bertz CT molecular complexity index is 1200. The van der Waals surface area contributed by atoms with Crippen LogP contribution >= 0.6 is 0 Å². The molecule has 0 unspecified atom stereocenters. The van der Waals surface area contributed by atoms with E-state index in [1.54, 1.807) is 36.4 Å². The van der Waals surface area contributed by atoms with Crippen LogP contribution in [0.3, 0.4) is 0 Å². The van der Waals surface area contributed by atoms with Crippen LogP contribution in [0.25, 0.3) is 5.69 Å². The van der Waals surface area contributed by atoms with E-state index in [-0.39, 0.29) is 10.8 Å². The van der Waals surface area contributed by atoms with Crippen LogP contribution in [0.5, 0.6) is 0 Å². The smallest absolute Gasteiger partial charge is 0.251 e. The number of morpholine rings is 1. The molecule has 2 heterocycles. The van der Waals surface area contributed by atoms with Gasteiger partial charge in [-0.25, -0.2) is 13.1 Å². The molecule has 3 aromatic rings. The van der Waals surface area contributed by atoms with E-state index >= 15 is 0 Å². The monoisotopic (exact) mass is 454 g/mol. The number of aromatic nitrogens is 2. The molecular weight excluding hydrogens is 428 g/mol. The highest BCUT2D eigenvalue weighted by Crippen LogP contribution is 2.18. The van der Waals surface area contributed by atoms with Crippen molar-refractivity contribution in [2.75, 3.05) is 26.3 Å². The van der Waals surface area contributed by atoms with E-state index < -0.39 is 10.0 Å². The van der Waals surface area contributed by atoms with Crippen LogP contribution in [0, 0.1) is 13.8 Å². The lowest BCUT2D eigenvalue weighted by molar-refractivity contribution is 0.0730. The van der Waals surface area contributed by atoms with Crippen molar-refractivity contribution in [2.24, 2.45) is 0 Å². The zero-order valence-corrected chi connectivity index (χ0v) is 18.9. The Morgan fingerprint density at radius 2 is 1.69 bits per heavy atom. The quantitative estimate of drug-likeness (QED) is 0.618. The number of hydrogen-bond acceptors (Lipinski definition) is 5. The summed E-state index contributed by atoms with van der Waals surface area (Å²) in [6, 6.07) is 15.8. The molecule has 0 saturated carbocycles. The highest BCUT2D eigenvalue weighted by Gasteiger charge is 2.26. The molecule has 168 valence electrons. The summed E-state index contributed by atoms with van der Waals surface area (Å²) >= 11 is 0. The summed E-state index contributed by atoms with van der Waals surface area (Å²) in [5, 5.41) is 7.32. The summed E-state index contributed by atoms with van der Waals surface area (Å²) in [6.45, 7) is 5.76. The number of aryl methyl sites for hydroxylation is 2. The van der Waals surface area contributed by atoms with E-state index in [4.69, 9.17) is 4.74 Å². The molecule has 2 aromatic carbocycles. The average molecular weight is 455 g/mol. The third-order valence-corrected chi connectivity index (χ3v) is 7.28. The second kappa shape index (κ2) is 9.23. The first-order valence-corrected chi connectivity index (χ1v) is 11.9. The van der Waals surface area contributed by atoms with Gasteiger partial charge in [-0.2, -0.15) is 9.40 Å². The number of nitrogens with zero attached hydrogens (tertiary/aromatic N) is 3.